The van der Waals surface area contributed by atoms with Crippen LogP contribution in [0.3, 0.4) is 0 Å². The van der Waals surface area contributed by atoms with Crippen LogP contribution in [0.15, 0.2) is 48.5 Å². The first-order chi connectivity index (χ1) is 12.7. The number of para-hydroxylation sites is 1. The number of rotatable bonds is 4. The van der Waals surface area contributed by atoms with E-state index in [1.165, 1.54) is 5.56 Å². The normalized spacial score (nSPS) is 15.3. The van der Waals surface area contributed by atoms with E-state index >= 15 is 0 Å². The number of hydrogen-bond donors (Lipinski definition) is 2. The van der Waals surface area contributed by atoms with E-state index in [0.717, 1.165) is 49.4 Å². The second-order valence-corrected chi connectivity index (χ2v) is 6.83. The molecule has 1 aliphatic rings. The molecule has 1 aliphatic heterocycles. The lowest BCUT2D eigenvalue weighted by Crippen LogP contribution is -2.35. The van der Waals surface area contributed by atoms with Crippen molar-refractivity contribution in [1.82, 2.24) is 9.88 Å². The van der Waals surface area contributed by atoms with Crippen molar-refractivity contribution in [3.05, 3.63) is 64.8 Å². The van der Waals surface area contributed by atoms with Gasteiger partial charge in [0.2, 0.25) is 0 Å². The highest BCUT2D eigenvalue weighted by Crippen LogP contribution is 2.24. The maximum atomic E-state index is 12.5. The number of aromatic amines is 1. The Morgan fingerprint density at radius 3 is 2.65 bits per heavy atom. The largest absolute Gasteiger partial charge is 0.379 e. The van der Waals surface area contributed by atoms with Crippen LogP contribution >= 0.6 is 11.6 Å². The Hall–Kier alpha value is -2.34. The van der Waals surface area contributed by atoms with Gasteiger partial charge in [-0.1, -0.05) is 35.9 Å². The van der Waals surface area contributed by atoms with Gasteiger partial charge in [-0.2, -0.15) is 0 Å². The average Bonchev–Trinajstić information content (AvgIpc) is 3.10. The topological polar surface area (TPSA) is 57.4 Å². The van der Waals surface area contributed by atoms with Crippen molar-refractivity contribution in [2.45, 2.75) is 6.54 Å². The van der Waals surface area contributed by atoms with Gasteiger partial charge >= 0.3 is 0 Å². The van der Waals surface area contributed by atoms with Gasteiger partial charge in [0.1, 0.15) is 5.69 Å². The SMILES string of the molecule is O=C(Nc1ccc(CN2CCOCC2)cc1)c1cc2cccc(Cl)c2[nH]1. The summed E-state index contributed by atoms with van der Waals surface area (Å²) in [6.45, 7) is 4.41. The van der Waals surface area contributed by atoms with E-state index in [-0.39, 0.29) is 5.91 Å². The number of benzene rings is 2. The van der Waals surface area contributed by atoms with E-state index in [4.69, 9.17) is 16.3 Å². The van der Waals surface area contributed by atoms with Crippen LogP contribution in [0.4, 0.5) is 5.69 Å². The molecule has 1 amide bonds. The summed E-state index contributed by atoms with van der Waals surface area (Å²) in [6, 6.07) is 15.4. The zero-order valence-electron chi connectivity index (χ0n) is 14.3. The molecule has 0 atom stereocenters. The van der Waals surface area contributed by atoms with Crippen LogP contribution in [-0.4, -0.2) is 42.1 Å². The first-order valence-electron chi connectivity index (χ1n) is 8.67. The number of halogens is 1. The zero-order valence-corrected chi connectivity index (χ0v) is 15.1. The molecule has 1 aromatic heterocycles. The van der Waals surface area contributed by atoms with Crippen molar-refractivity contribution >= 4 is 34.1 Å². The molecule has 1 saturated heterocycles. The predicted octanol–water partition coefficient (Wildman–Crippen LogP) is 3.91. The molecule has 1 fully saturated rings. The summed E-state index contributed by atoms with van der Waals surface area (Å²) in [5.74, 6) is -0.182. The fourth-order valence-electron chi connectivity index (χ4n) is 3.15. The maximum Gasteiger partial charge on any atom is 0.272 e. The van der Waals surface area contributed by atoms with Crippen molar-refractivity contribution < 1.29 is 9.53 Å². The van der Waals surface area contributed by atoms with Gasteiger partial charge in [0.05, 0.1) is 23.8 Å². The van der Waals surface area contributed by atoms with E-state index in [9.17, 15) is 4.79 Å². The molecule has 0 spiro atoms. The third-order valence-electron chi connectivity index (χ3n) is 4.57. The molecule has 2 N–H and O–H groups in total. The van der Waals surface area contributed by atoms with Crippen molar-refractivity contribution in [3.8, 4) is 0 Å². The molecule has 5 nitrogen and oxygen atoms in total. The van der Waals surface area contributed by atoms with Gasteiger partial charge in [-0.3, -0.25) is 9.69 Å². The number of amides is 1. The van der Waals surface area contributed by atoms with Crippen LogP contribution in [0.5, 0.6) is 0 Å². The van der Waals surface area contributed by atoms with Gasteiger partial charge in [-0.05, 0) is 29.8 Å². The lowest BCUT2D eigenvalue weighted by molar-refractivity contribution is 0.0342. The Balaban J connectivity index is 1.42. The molecule has 4 rings (SSSR count). The molecule has 6 heteroatoms. The number of ether oxygens (including phenoxy) is 1. The molecule has 2 heterocycles. The molecule has 0 radical (unpaired) electrons. The summed E-state index contributed by atoms with van der Waals surface area (Å²) in [6.07, 6.45) is 0. The molecule has 0 aliphatic carbocycles. The molecule has 0 saturated carbocycles. The molecule has 26 heavy (non-hydrogen) atoms. The van der Waals surface area contributed by atoms with Crippen molar-refractivity contribution in [1.29, 1.82) is 0 Å². The minimum Gasteiger partial charge on any atom is -0.379 e. The fourth-order valence-corrected chi connectivity index (χ4v) is 3.38. The van der Waals surface area contributed by atoms with Gasteiger partial charge in [-0.15, -0.1) is 0 Å². The molecule has 3 aromatic rings. The predicted molar refractivity (Wildman–Crippen MR) is 104 cm³/mol. The van der Waals surface area contributed by atoms with Gasteiger partial charge in [-0.25, -0.2) is 0 Å². The molecular formula is C20H20ClN3O2. The van der Waals surface area contributed by atoms with Gasteiger partial charge in [0, 0.05) is 30.7 Å². The second kappa shape index (κ2) is 7.50. The number of carbonyl (C=O) groups is 1. The first kappa shape index (κ1) is 17.1. The fraction of sp³-hybridized carbons (Fsp3) is 0.250. The Kier molecular flexibility index (Phi) is 4.93. The third kappa shape index (κ3) is 3.75. The van der Waals surface area contributed by atoms with Crippen LogP contribution in [-0.2, 0) is 11.3 Å². The van der Waals surface area contributed by atoms with Crippen LogP contribution in [0, 0.1) is 0 Å². The molecule has 0 unspecified atom stereocenters. The van der Waals surface area contributed by atoms with Gasteiger partial charge in [0.15, 0.2) is 0 Å². The van der Waals surface area contributed by atoms with E-state index in [1.54, 1.807) is 6.07 Å². The van der Waals surface area contributed by atoms with E-state index in [0.29, 0.717) is 10.7 Å². The van der Waals surface area contributed by atoms with E-state index < -0.39 is 0 Å². The highest BCUT2D eigenvalue weighted by molar-refractivity contribution is 6.35. The number of nitrogens with one attached hydrogen (secondary N) is 2. The number of carbonyl (C=O) groups excluding carboxylic acids is 1. The maximum absolute atomic E-state index is 12.5. The van der Waals surface area contributed by atoms with Crippen molar-refractivity contribution in [2.75, 3.05) is 31.6 Å². The van der Waals surface area contributed by atoms with Gasteiger partial charge in [0.25, 0.3) is 5.91 Å². The van der Waals surface area contributed by atoms with Gasteiger partial charge < -0.3 is 15.0 Å². The summed E-state index contributed by atoms with van der Waals surface area (Å²) >= 11 is 6.16. The second-order valence-electron chi connectivity index (χ2n) is 6.43. The number of aromatic nitrogens is 1. The smallest absolute Gasteiger partial charge is 0.272 e. The standard InChI is InChI=1S/C20H20ClN3O2/c21-17-3-1-2-15-12-18(23-19(15)17)20(25)22-16-6-4-14(5-7-16)13-24-8-10-26-11-9-24/h1-7,12,23H,8-11,13H2,(H,22,25). The first-order valence-corrected chi connectivity index (χ1v) is 9.04. The number of morpholine rings is 1. The molecule has 0 bridgehead atoms. The zero-order chi connectivity index (χ0) is 17.9. The van der Waals surface area contributed by atoms with Crippen LogP contribution < -0.4 is 5.32 Å². The quantitative estimate of drug-likeness (QED) is 0.733. The van der Waals surface area contributed by atoms with Crippen LogP contribution in [0.25, 0.3) is 10.9 Å². The Bertz CT molecular complexity index is 914. The van der Waals surface area contributed by atoms with Crippen molar-refractivity contribution in [2.24, 2.45) is 0 Å². The Morgan fingerprint density at radius 1 is 1.15 bits per heavy atom. The minimum absolute atomic E-state index is 0.182. The highest BCUT2D eigenvalue weighted by atomic mass is 35.5. The summed E-state index contributed by atoms with van der Waals surface area (Å²) in [7, 11) is 0. The lowest BCUT2D eigenvalue weighted by atomic mass is 10.2. The third-order valence-corrected chi connectivity index (χ3v) is 4.89. The number of nitrogens with zero attached hydrogens (tertiary/aromatic N) is 1. The van der Waals surface area contributed by atoms with Crippen LogP contribution in [0.2, 0.25) is 5.02 Å². The number of hydrogen-bond acceptors (Lipinski definition) is 3. The summed E-state index contributed by atoms with van der Waals surface area (Å²) in [5.41, 5.74) is 3.26. The monoisotopic (exact) mass is 369 g/mol. The molecular weight excluding hydrogens is 350 g/mol. The van der Waals surface area contributed by atoms with Crippen LogP contribution in [0.1, 0.15) is 16.1 Å². The Labute approximate surface area is 156 Å². The molecule has 2 aromatic carbocycles. The molecule has 134 valence electrons. The van der Waals surface area contributed by atoms with E-state index in [2.05, 4.69) is 15.2 Å². The lowest BCUT2D eigenvalue weighted by Gasteiger charge is -2.26. The summed E-state index contributed by atoms with van der Waals surface area (Å²) < 4.78 is 5.37. The Morgan fingerprint density at radius 2 is 1.92 bits per heavy atom. The minimum atomic E-state index is -0.182. The number of anilines is 1. The summed E-state index contributed by atoms with van der Waals surface area (Å²) in [5, 5.41) is 4.45. The van der Waals surface area contributed by atoms with E-state index in [1.807, 2.05) is 42.5 Å². The average molecular weight is 370 g/mol. The number of fused-ring (bicyclic) bond motifs is 1. The summed E-state index contributed by atoms with van der Waals surface area (Å²) in [4.78, 5) is 17.9. The number of H-pyrrole nitrogens is 1. The highest BCUT2D eigenvalue weighted by Gasteiger charge is 2.13. The van der Waals surface area contributed by atoms with Crippen molar-refractivity contribution in [3.63, 3.8) is 0 Å².